The Hall–Kier alpha value is -0.440. The molecule has 0 aromatic rings. The number of hydrogen-bond acceptors (Lipinski definition) is 1. The summed E-state index contributed by atoms with van der Waals surface area (Å²) in [5.74, 6) is 0. The fourth-order valence-corrected chi connectivity index (χ4v) is 0.855. The Morgan fingerprint density at radius 3 is 2.70 bits per heavy atom. The van der Waals surface area contributed by atoms with Crippen molar-refractivity contribution in [2.45, 2.75) is 32.5 Å². The summed E-state index contributed by atoms with van der Waals surface area (Å²) in [5.41, 5.74) is 0.0191. The van der Waals surface area contributed by atoms with Gasteiger partial charge < -0.3 is 4.74 Å². The molecule has 0 bridgehead atoms. The molecule has 0 aromatic carbocycles. The van der Waals surface area contributed by atoms with E-state index in [1.165, 1.54) is 13.0 Å². The van der Waals surface area contributed by atoms with E-state index < -0.39 is 6.11 Å². The molecule has 0 radical (unpaired) electrons. The topological polar surface area (TPSA) is 9.23 Å². The van der Waals surface area contributed by atoms with Crippen LogP contribution in [0.5, 0.6) is 0 Å². The maximum Gasteiger partial charge on any atom is 0.379 e. The normalized spacial score (nSPS) is 31.6. The fourth-order valence-electron chi connectivity index (χ4n) is 0.855. The molecule has 0 saturated carbocycles. The van der Waals surface area contributed by atoms with Crippen LogP contribution in [0.2, 0.25) is 0 Å². The van der Waals surface area contributed by atoms with Crippen molar-refractivity contribution in [2.24, 2.45) is 0 Å². The lowest BCUT2D eigenvalue weighted by atomic mass is 10.1. The van der Waals surface area contributed by atoms with Gasteiger partial charge in [-0.15, -0.1) is 0 Å². The maximum absolute atomic E-state index is 12.6. The van der Waals surface area contributed by atoms with Crippen LogP contribution in [0.15, 0.2) is 11.6 Å². The van der Waals surface area contributed by atoms with Crippen LogP contribution in [0.1, 0.15) is 20.3 Å². The molecule has 1 aliphatic rings. The Morgan fingerprint density at radius 1 is 1.70 bits per heavy atom. The van der Waals surface area contributed by atoms with Gasteiger partial charge in [-0.2, -0.15) is 8.78 Å². The quantitative estimate of drug-likeness (QED) is 0.479. The van der Waals surface area contributed by atoms with Crippen LogP contribution in [0.4, 0.5) is 8.78 Å². The Bertz CT molecular complexity index is 163. The predicted molar refractivity (Wildman–Crippen MR) is 33.9 cm³/mol. The molecule has 0 N–H and O–H groups in total. The molecule has 0 amide bonds. The predicted octanol–water partition coefficient (Wildman–Crippen LogP) is 2.33. The minimum atomic E-state index is -3.03. The standard InChI is InChI=1S/C7H10F2O/c1-5-3-4-6(2)10-7(5,8)9/h3,6H,4H2,1-2H3. The molecule has 0 saturated heterocycles. The lowest BCUT2D eigenvalue weighted by Crippen LogP contribution is -2.31. The highest BCUT2D eigenvalue weighted by atomic mass is 19.3. The van der Waals surface area contributed by atoms with Gasteiger partial charge in [-0.3, -0.25) is 0 Å². The van der Waals surface area contributed by atoms with Gasteiger partial charge in [0.25, 0.3) is 0 Å². The SMILES string of the molecule is CC1=CCC(C)OC1(F)F. The highest BCUT2D eigenvalue weighted by Crippen LogP contribution is 2.31. The first-order valence-corrected chi connectivity index (χ1v) is 3.25. The first-order chi connectivity index (χ1) is 4.52. The molecular weight excluding hydrogens is 138 g/mol. The third-order valence-corrected chi connectivity index (χ3v) is 1.56. The first kappa shape index (κ1) is 7.66. The van der Waals surface area contributed by atoms with Crippen molar-refractivity contribution in [3.63, 3.8) is 0 Å². The fraction of sp³-hybridized carbons (Fsp3) is 0.714. The highest BCUT2D eigenvalue weighted by Gasteiger charge is 2.36. The lowest BCUT2D eigenvalue weighted by Gasteiger charge is -2.26. The monoisotopic (exact) mass is 148 g/mol. The van der Waals surface area contributed by atoms with Gasteiger partial charge in [0, 0.05) is 5.57 Å². The zero-order valence-electron chi connectivity index (χ0n) is 6.03. The molecule has 0 aliphatic carbocycles. The van der Waals surface area contributed by atoms with Crippen molar-refractivity contribution in [1.29, 1.82) is 0 Å². The van der Waals surface area contributed by atoms with E-state index in [2.05, 4.69) is 4.74 Å². The van der Waals surface area contributed by atoms with Crippen molar-refractivity contribution in [2.75, 3.05) is 0 Å². The van der Waals surface area contributed by atoms with Gasteiger partial charge in [0.05, 0.1) is 6.10 Å². The Morgan fingerprint density at radius 2 is 2.30 bits per heavy atom. The van der Waals surface area contributed by atoms with Gasteiger partial charge in [-0.05, 0) is 20.3 Å². The number of hydrogen-bond donors (Lipinski definition) is 0. The van der Waals surface area contributed by atoms with Crippen molar-refractivity contribution in [3.05, 3.63) is 11.6 Å². The van der Waals surface area contributed by atoms with E-state index in [1.807, 2.05) is 0 Å². The van der Waals surface area contributed by atoms with Gasteiger partial charge in [0.1, 0.15) is 0 Å². The Balaban J connectivity index is 2.76. The minimum Gasteiger partial charge on any atom is -0.313 e. The third kappa shape index (κ3) is 1.34. The summed E-state index contributed by atoms with van der Waals surface area (Å²) in [6.07, 6.45) is -1.29. The van der Waals surface area contributed by atoms with Crippen molar-refractivity contribution in [3.8, 4) is 0 Å². The van der Waals surface area contributed by atoms with Crippen LogP contribution in [0.25, 0.3) is 0 Å². The number of halogens is 2. The van der Waals surface area contributed by atoms with E-state index in [0.717, 1.165) is 0 Å². The van der Waals surface area contributed by atoms with E-state index in [-0.39, 0.29) is 11.7 Å². The highest BCUT2D eigenvalue weighted by molar-refractivity contribution is 5.09. The molecule has 1 aliphatic heterocycles. The summed E-state index contributed by atoms with van der Waals surface area (Å²) in [5, 5.41) is 0. The van der Waals surface area contributed by atoms with E-state index in [4.69, 9.17) is 0 Å². The second-order valence-corrected chi connectivity index (χ2v) is 2.57. The average Bonchev–Trinajstić information content (AvgIpc) is 1.78. The van der Waals surface area contributed by atoms with E-state index >= 15 is 0 Å². The molecule has 10 heavy (non-hydrogen) atoms. The van der Waals surface area contributed by atoms with Crippen LogP contribution in [-0.2, 0) is 4.74 Å². The van der Waals surface area contributed by atoms with Crippen LogP contribution in [0, 0.1) is 0 Å². The van der Waals surface area contributed by atoms with Gasteiger partial charge in [0.2, 0.25) is 0 Å². The molecule has 0 spiro atoms. The largest absolute Gasteiger partial charge is 0.379 e. The zero-order valence-corrected chi connectivity index (χ0v) is 6.03. The minimum absolute atomic E-state index is 0.0191. The molecule has 1 atom stereocenters. The summed E-state index contributed by atoms with van der Waals surface area (Å²) in [6, 6.07) is 0. The summed E-state index contributed by atoms with van der Waals surface area (Å²) < 4.78 is 29.5. The van der Waals surface area contributed by atoms with E-state index in [1.54, 1.807) is 6.92 Å². The molecule has 1 rings (SSSR count). The molecule has 1 nitrogen and oxygen atoms in total. The average molecular weight is 148 g/mol. The Labute approximate surface area is 58.7 Å². The van der Waals surface area contributed by atoms with Crippen LogP contribution < -0.4 is 0 Å². The maximum atomic E-state index is 12.6. The van der Waals surface area contributed by atoms with Gasteiger partial charge >= 0.3 is 6.11 Å². The molecule has 3 heteroatoms. The van der Waals surface area contributed by atoms with Crippen molar-refractivity contribution in [1.82, 2.24) is 0 Å². The lowest BCUT2D eigenvalue weighted by molar-refractivity contribution is -0.237. The van der Waals surface area contributed by atoms with Crippen molar-refractivity contribution >= 4 is 0 Å². The van der Waals surface area contributed by atoms with Gasteiger partial charge in [-0.25, -0.2) is 0 Å². The van der Waals surface area contributed by atoms with E-state index in [0.29, 0.717) is 6.42 Å². The zero-order chi connectivity index (χ0) is 7.78. The third-order valence-electron chi connectivity index (χ3n) is 1.56. The summed E-state index contributed by atoms with van der Waals surface area (Å²) in [7, 11) is 0. The molecular formula is C7H10F2O. The van der Waals surface area contributed by atoms with Crippen molar-refractivity contribution < 1.29 is 13.5 Å². The van der Waals surface area contributed by atoms with Gasteiger partial charge in [0.15, 0.2) is 0 Å². The van der Waals surface area contributed by atoms with E-state index in [9.17, 15) is 8.78 Å². The number of rotatable bonds is 0. The smallest absolute Gasteiger partial charge is 0.313 e. The van der Waals surface area contributed by atoms with Crippen LogP contribution in [-0.4, -0.2) is 12.2 Å². The second kappa shape index (κ2) is 2.31. The summed E-state index contributed by atoms with van der Waals surface area (Å²) in [4.78, 5) is 0. The molecule has 0 fully saturated rings. The molecule has 58 valence electrons. The molecule has 0 aromatic heterocycles. The number of ether oxygens (including phenoxy) is 1. The van der Waals surface area contributed by atoms with Crippen LogP contribution >= 0.6 is 0 Å². The first-order valence-electron chi connectivity index (χ1n) is 3.25. The van der Waals surface area contributed by atoms with Crippen LogP contribution in [0.3, 0.4) is 0 Å². The summed E-state index contributed by atoms with van der Waals surface area (Å²) >= 11 is 0. The number of alkyl halides is 2. The molecule has 1 heterocycles. The Kier molecular flexibility index (Phi) is 1.77. The molecule has 1 unspecified atom stereocenters. The second-order valence-electron chi connectivity index (χ2n) is 2.57. The summed E-state index contributed by atoms with van der Waals surface area (Å²) in [6.45, 7) is 3.02. The van der Waals surface area contributed by atoms with Gasteiger partial charge in [-0.1, -0.05) is 6.08 Å².